The van der Waals surface area contributed by atoms with Gasteiger partial charge in [0, 0.05) is 44.0 Å². The molecule has 1 aliphatic carbocycles. The van der Waals surface area contributed by atoms with Crippen LogP contribution in [0.2, 0.25) is 0 Å². The first-order chi connectivity index (χ1) is 9.90. The van der Waals surface area contributed by atoms with Crippen molar-refractivity contribution in [2.45, 2.75) is 44.7 Å². The van der Waals surface area contributed by atoms with E-state index >= 15 is 0 Å². The minimum Gasteiger partial charge on any atom is -0.361 e. The van der Waals surface area contributed by atoms with Crippen molar-refractivity contribution in [2.75, 3.05) is 13.1 Å². The van der Waals surface area contributed by atoms with Crippen LogP contribution < -0.4 is 0 Å². The zero-order chi connectivity index (χ0) is 13.4. The molecule has 1 atom stereocenters. The van der Waals surface area contributed by atoms with Crippen molar-refractivity contribution in [1.29, 1.82) is 0 Å². The number of rotatable bonds is 3. The van der Waals surface area contributed by atoms with E-state index in [2.05, 4.69) is 26.0 Å². The number of fused-ring (bicyclic) bond motifs is 1. The minimum atomic E-state index is 0.507. The molecule has 3 heterocycles. The Hall–Kier alpha value is -1.62. The SMILES string of the molecule is c1cnn(C2CCN(Cc3noc4c3CCCC4)C2)c1. The van der Waals surface area contributed by atoms with Gasteiger partial charge in [0.2, 0.25) is 0 Å². The third-order valence-corrected chi connectivity index (χ3v) is 4.55. The molecule has 0 spiro atoms. The van der Waals surface area contributed by atoms with E-state index in [1.54, 1.807) is 0 Å². The summed E-state index contributed by atoms with van der Waals surface area (Å²) in [4.78, 5) is 2.47. The van der Waals surface area contributed by atoms with Gasteiger partial charge >= 0.3 is 0 Å². The molecule has 4 rings (SSSR count). The van der Waals surface area contributed by atoms with Gasteiger partial charge in [-0.1, -0.05) is 5.16 Å². The van der Waals surface area contributed by atoms with Crippen LogP contribution in [0, 0.1) is 0 Å². The van der Waals surface area contributed by atoms with E-state index in [9.17, 15) is 0 Å². The smallest absolute Gasteiger partial charge is 0.140 e. The Morgan fingerprint density at radius 2 is 2.25 bits per heavy atom. The number of aryl methyl sites for hydroxylation is 1. The van der Waals surface area contributed by atoms with E-state index in [1.165, 1.54) is 30.5 Å². The fourth-order valence-corrected chi connectivity index (χ4v) is 3.45. The van der Waals surface area contributed by atoms with Gasteiger partial charge in [0.25, 0.3) is 0 Å². The first-order valence-corrected chi connectivity index (χ1v) is 7.58. The van der Waals surface area contributed by atoms with Gasteiger partial charge in [-0.05, 0) is 31.7 Å². The zero-order valence-corrected chi connectivity index (χ0v) is 11.7. The molecule has 1 aliphatic heterocycles. The van der Waals surface area contributed by atoms with E-state index in [0.29, 0.717) is 6.04 Å². The average molecular weight is 272 g/mol. The normalized spacial score (nSPS) is 23.1. The fourth-order valence-electron chi connectivity index (χ4n) is 3.45. The third-order valence-electron chi connectivity index (χ3n) is 4.55. The van der Waals surface area contributed by atoms with Crippen LogP contribution in [-0.2, 0) is 19.4 Å². The summed E-state index contributed by atoms with van der Waals surface area (Å²) >= 11 is 0. The van der Waals surface area contributed by atoms with Crippen molar-refractivity contribution in [1.82, 2.24) is 19.8 Å². The molecule has 2 aliphatic rings. The molecule has 106 valence electrons. The van der Waals surface area contributed by atoms with Gasteiger partial charge in [0.05, 0.1) is 6.04 Å². The van der Waals surface area contributed by atoms with E-state index in [0.717, 1.165) is 38.2 Å². The van der Waals surface area contributed by atoms with Crippen molar-refractivity contribution in [3.05, 3.63) is 35.5 Å². The first kappa shape index (κ1) is 12.1. The van der Waals surface area contributed by atoms with Gasteiger partial charge in [-0.25, -0.2) is 0 Å². The summed E-state index contributed by atoms with van der Waals surface area (Å²) in [5.41, 5.74) is 2.56. The van der Waals surface area contributed by atoms with Gasteiger partial charge < -0.3 is 4.52 Å². The molecule has 0 radical (unpaired) electrons. The molecule has 0 N–H and O–H groups in total. The molecule has 2 aromatic rings. The molecule has 0 bridgehead atoms. The van der Waals surface area contributed by atoms with Crippen LogP contribution >= 0.6 is 0 Å². The average Bonchev–Trinajstić information content (AvgIpc) is 3.19. The van der Waals surface area contributed by atoms with E-state index in [1.807, 2.05) is 12.3 Å². The lowest BCUT2D eigenvalue weighted by Gasteiger charge is -2.16. The van der Waals surface area contributed by atoms with E-state index in [4.69, 9.17) is 4.52 Å². The molecule has 2 aromatic heterocycles. The van der Waals surface area contributed by atoms with E-state index in [-0.39, 0.29) is 0 Å². The van der Waals surface area contributed by atoms with Gasteiger partial charge in [0.15, 0.2) is 0 Å². The summed E-state index contributed by atoms with van der Waals surface area (Å²) in [5, 5.41) is 8.67. The van der Waals surface area contributed by atoms with Crippen LogP contribution in [0.3, 0.4) is 0 Å². The molecular formula is C15H20N4O. The number of hydrogen-bond acceptors (Lipinski definition) is 4. The van der Waals surface area contributed by atoms with Crippen LogP contribution in [0.25, 0.3) is 0 Å². The lowest BCUT2D eigenvalue weighted by molar-refractivity contribution is 0.296. The molecule has 1 unspecified atom stereocenters. The van der Waals surface area contributed by atoms with Crippen molar-refractivity contribution in [3.63, 3.8) is 0 Å². The monoisotopic (exact) mass is 272 g/mol. The molecule has 1 saturated heterocycles. The summed E-state index contributed by atoms with van der Waals surface area (Å²) < 4.78 is 7.58. The zero-order valence-electron chi connectivity index (χ0n) is 11.7. The van der Waals surface area contributed by atoms with Crippen molar-refractivity contribution in [3.8, 4) is 0 Å². The molecule has 5 nitrogen and oxygen atoms in total. The molecule has 0 saturated carbocycles. The standard InChI is InChI=1S/C15H20N4O/c1-2-5-15-13(4-1)14(17-20-15)11-18-9-6-12(10-18)19-8-3-7-16-19/h3,7-8,12H,1-2,4-6,9-11H2. The Bertz CT molecular complexity index is 575. The van der Waals surface area contributed by atoms with Crippen LogP contribution in [0.5, 0.6) is 0 Å². The largest absolute Gasteiger partial charge is 0.361 e. The molecule has 1 fully saturated rings. The van der Waals surface area contributed by atoms with Crippen molar-refractivity contribution < 1.29 is 4.52 Å². The highest BCUT2D eigenvalue weighted by molar-refractivity contribution is 5.25. The van der Waals surface area contributed by atoms with E-state index < -0.39 is 0 Å². The second kappa shape index (κ2) is 5.05. The van der Waals surface area contributed by atoms with Gasteiger partial charge in [0.1, 0.15) is 11.5 Å². The second-order valence-electron chi connectivity index (χ2n) is 5.90. The second-order valence-corrected chi connectivity index (χ2v) is 5.90. The minimum absolute atomic E-state index is 0.507. The molecule has 0 aromatic carbocycles. The maximum Gasteiger partial charge on any atom is 0.140 e. The van der Waals surface area contributed by atoms with Crippen molar-refractivity contribution in [2.24, 2.45) is 0 Å². The van der Waals surface area contributed by atoms with Crippen molar-refractivity contribution >= 4 is 0 Å². The maximum atomic E-state index is 5.50. The highest BCUT2D eigenvalue weighted by Crippen LogP contribution is 2.27. The summed E-state index contributed by atoms with van der Waals surface area (Å²) in [5.74, 6) is 1.13. The number of likely N-dealkylation sites (tertiary alicyclic amines) is 1. The fraction of sp³-hybridized carbons (Fsp3) is 0.600. The third kappa shape index (κ3) is 2.16. The summed E-state index contributed by atoms with van der Waals surface area (Å²) in [6.07, 6.45) is 9.82. The Morgan fingerprint density at radius 3 is 3.15 bits per heavy atom. The van der Waals surface area contributed by atoms with Crippen LogP contribution in [0.1, 0.15) is 42.3 Å². The van der Waals surface area contributed by atoms with Crippen LogP contribution in [0.15, 0.2) is 23.0 Å². The molecular weight excluding hydrogens is 252 g/mol. The van der Waals surface area contributed by atoms with Gasteiger partial charge in [-0.3, -0.25) is 9.58 Å². The summed E-state index contributed by atoms with van der Waals surface area (Å²) in [7, 11) is 0. The maximum absolute atomic E-state index is 5.50. The number of nitrogens with zero attached hydrogens (tertiary/aromatic N) is 4. The van der Waals surface area contributed by atoms with Crippen LogP contribution in [0.4, 0.5) is 0 Å². The summed E-state index contributed by atoms with van der Waals surface area (Å²) in [6, 6.07) is 2.50. The van der Waals surface area contributed by atoms with Gasteiger partial charge in [-0.15, -0.1) is 0 Å². The Labute approximate surface area is 118 Å². The molecule has 20 heavy (non-hydrogen) atoms. The summed E-state index contributed by atoms with van der Waals surface area (Å²) in [6.45, 7) is 3.10. The van der Waals surface area contributed by atoms with Crippen LogP contribution in [-0.4, -0.2) is 32.9 Å². The Morgan fingerprint density at radius 1 is 1.30 bits per heavy atom. The quantitative estimate of drug-likeness (QED) is 0.859. The lowest BCUT2D eigenvalue weighted by atomic mass is 9.96. The van der Waals surface area contributed by atoms with Gasteiger partial charge in [-0.2, -0.15) is 5.10 Å². The Kier molecular flexibility index (Phi) is 3.07. The molecule has 0 amide bonds. The number of hydrogen-bond donors (Lipinski definition) is 0. The highest BCUT2D eigenvalue weighted by Gasteiger charge is 2.27. The molecule has 5 heteroatoms. The predicted octanol–water partition coefficient (Wildman–Crippen LogP) is 2.20. The lowest BCUT2D eigenvalue weighted by Crippen LogP contribution is -2.22. The predicted molar refractivity (Wildman–Crippen MR) is 74.3 cm³/mol. The Balaban J connectivity index is 1.44. The first-order valence-electron chi connectivity index (χ1n) is 7.58. The number of aromatic nitrogens is 3. The topological polar surface area (TPSA) is 47.1 Å². The highest BCUT2D eigenvalue weighted by atomic mass is 16.5.